The van der Waals surface area contributed by atoms with Crippen LogP contribution in [0.2, 0.25) is 0 Å². The van der Waals surface area contributed by atoms with Crippen molar-refractivity contribution in [2.24, 2.45) is 0 Å². The highest BCUT2D eigenvalue weighted by Gasteiger charge is 2.18. The number of nitrogens with zero attached hydrogens (tertiary/aromatic N) is 4. The van der Waals surface area contributed by atoms with Gasteiger partial charge in [-0.25, -0.2) is 19.9 Å². The third-order valence-corrected chi connectivity index (χ3v) is 2.85. The molecule has 21 heavy (non-hydrogen) atoms. The number of rotatable bonds is 4. The summed E-state index contributed by atoms with van der Waals surface area (Å²) in [5.41, 5.74) is 1.62. The van der Waals surface area contributed by atoms with Crippen LogP contribution in [-0.4, -0.2) is 26.5 Å². The summed E-state index contributed by atoms with van der Waals surface area (Å²) in [4.78, 5) is 17.7. The second-order valence-corrected chi connectivity index (χ2v) is 5.09. The molecule has 2 heterocycles. The van der Waals surface area contributed by atoms with Gasteiger partial charge in [0.15, 0.2) is 5.65 Å². The van der Waals surface area contributed by atoms with Crippen molar-refractivity contribution in [3.05, 3.63) is 17.8 Å². The van der Waals surface area contributed by atoms with Crippen LogP contribution in [0.4, 0.5) is 0 Å². The van der Waals surface area contributed by atoms with Gasteiger partial charge in [-0.2, -0.15) is 0 Å². The van der Waals surface area contributed by atoms with Crippen molar-refractivity contribution in [3.63, 3.8) is 0 Å². The molecule has 0 aliphatic rings. The highest BCUT2D eigenvalue weighted by atomic mass is 16.5. The number of hydrogen-bond donors (Lipinski definition) is 0. The smallest absolute Gasteiger partial charge is 0.228 e. The van der Waals surface area contributed by atoms with E-state index in [2.05, 4.69) is 47.6 Å². The van der Waals surface area contributed by atoms with Gasteiger partial charge in [-0.05, 0) is 12.8 Å². The Morgan fingerprint density at radius 2 is 1.67 bits per heavy atom. The monoisotopic (exact) mass is 290 g/mol. The van der Waals surface area contributed by atoms with Crippen molar-refractivity contribution in [1.82, 2.24) is 19.9 Å². The minimum atomic E-state index is 0.271. The largest absolute Gasteiger partial charge is 0.477 e. The normalized spacial score (nSPS) is 10.7. The fraction of sp³-hybridized carbons (Fsp3) is 0.625. The maximum Gasteiger partial charge on any atom is 0.228 e. The Balaban J connectivity index is 0.00000106. The molecule has 5 nitrogen and oxygen atoms in total. The van der Waals surface area contributed by atoms with Gasteiger partial charge in [-0.1, -0.05) is 41.5 Å². The van der Waals surface area contributed by atoms with E-state index in [0.29, 0.717) is 18.1 Å². The maximum atomic E-state index is 5.58. The molecule has 0 unspecified atom stereocenters. The molecular weight excluding hydrogens is 264 g/mol. The third kappa shape index (κ3) is 3.86. The van der Waals surface area contributed by atoms with Crippen molar-refractivity contribution < 1.29 is 4.74 Å². The van der Waals surface area contributed by atoms with Crippen molar-refractivity contribution >= 4 is 11.0 Å². The van der Waals surface area contributed by atoms with Crippen LogP contribution in [0.3, 0.4) is 0 Å². The van der Waals surface area contributed by atoms with E-state index < -0.39 is 0 Å². The highest BCUT2D eigenvalue weighted by molar-refractivity contribution is 5.83. The summed E-state index contributed by atoms with van der Waals surface area (Å²) < 4.78 is 5.58. The van der Waals surface area contributed by atoms with Crippen LogP contribution >= 0.6 is 0 Å². The topological polar surface area (TPSA) is 60.8 Å². The molecule has 0 aromatic carbocycles. The Hall–Kier alpha value is -1.78. The third-order valence-electron chi connectivity index (χ3n) is 2.85. The molecular formula is C16H26N4O. The molecule has 0 saturated carbocycles. The fourth-order valence-corrected chi connectivity index (χ4v) is 1.90. The van der Waals surface area contributed by atoms with Gasteiger partial charge in [-0.3, -0.25) is 0 Å². The molecule has 0 N–H and O–H groups in total. The maximum absolute atomic E-state index is 5.58. The number of fused-ring (bicyclic) bond motifs is 1. The first-order chi connectivity index (χ1) is 10.0. The van der Waals surface area contributed by atoms with Crippen LogP contribution in [-0.2, 0) is 0 Å². The Kier molecular flexibility index (Phi) is 6.46. The summed E-state index contributed by atoms with van der Waals surface area (Å²) >= 11 is 0. The first kappa shape index (κ1) is 17.3. The van der Waals surface area contributed by atoms with Crippen LogP contribution in [0.1, 0.15) is 71.8 Å². The van der Waals surface area contributed by atoms with Crippen LogP contribution in [0.15, 0.2) is 6.33 Å². The molecule has 0 amide bonds. The lowest BCUT2D eigenvalue weighted by Crippen LogP contribution is -2.07. The van der Waals surface area contributed by atoms with Crippen molar-refractivity contribution in [2.45, 2.75) is 60.3 Å². The second-order valence-electron chi connectivity index (χ2n) is 5.09. The zero-order chi connectivity index (χ0) is 16.0. The summed E-state index contributed by atoms with van der Waals surface area (Å²) in [6, 6.07) is 0. The van der Waals surface area contributed by atoms with Gasteiger partial charge in [0, 0.05) is 5.92 Å². The fourth-order valence-electron chi connectivity index (χ4n) is 1.90. The minimum Gasteiger partial charge on any atom is -0.477 e. The molecule has 0 atom stereocenters. The predicted molar refractivity (Wildman–Crippen MR) is 85.8 cm³/mol. The molecule has 0 saturated heterocycles. The standard InChI is InChI=1S/C14H20N4O.C2H6/c1-6-19-14-10-11(8(2)3)17-12(9(4)5)18-13(10)15-7-16-14;1-2/h7-9H,6H2,1-5H3;1-2H3. The van der Waals surface area contributed by atoms with Crippen molar-refractivity contribution in [1.29, 1.82) is 0 Å². The van der Waals surface area contributed by atoms with Gasteiger partial charge in [-0.15, -0.1) is 0 Å². The number of hydrogen-bond acceptors (Lipinski definition) is 5. The first-order valence-electron chi connectivity index (χ1n) is 7.69. The Labute approximate surface area is 127 Å². The lowest BCUT2D eigenvalue weighted by Gasteiger charge is -2.14. The molecule has 5 heteroatoms. The SMILES string of the molecule is CC.CCOc1ncnc2nc(C(C)C)nc(C(C)C)c12. The van der Waals surface area contributed by atoms with E-state index >= 15 is 0 Å². The van der Waals surface area contributed by atoms with E-state index in [0.717, 1.165) is 16.9 Å². The first-order valence-corrected chi connectivity index (χ1v) is 7.69. The Bertz CT molecular complexity index is 582. The van der Waals surface area contributed by atoms with Gasteiger partial charge in [0.25, 0.3) is 0 Å². The zero-order valence-corrected chi connectivity index (χ0v) is 14.1. The molecule has 0 aliphatic heterocycles. The minimum absolute atomic E-state index is 0.271. The van der Waals surface area contributed by atoms with E-state index in [1.54, 1.807) is 0 Å². The molecule has 2 rings (SSSR count). The van der Waals surface area contributed by atoms with E-state index in [1.165, 1.54) is 6.33 Å². The lowest BCUT2D eigenvalue weighted by atomic mass is 10.1. The van der Waals surface area contributed by atoms with Gasteiger partial charge in [0.1, 0.15) is 17.5 Å². The van der Waals surface area contributed by atoms with Gasteiger partial charge >= 0.3 is 0 Å². The van der Waals surface area contributed by atoms with E-state index in [1.807, 2.05) is 20.8 Å². The molecule has 0 aliphatic carbocycles. The quantitative estimate of drug-likeness (QED) is 0.848. The van der Waals surface area contributed by atoms with E-state index in [-0.39, 0.29) is 11.8 Å². The summed E-state index contributed by atoms with van der Waals surface area (Å²) in [7, 11) is 0. The molecule has 0 radical (unpaired) electrons. The Morgan fingerprint density at radius 3 is 2.19 bits per heavy atom. The van der Waals surface area contributed by atoms with Crippen LogP contribution in [0, 0.1) is 0 Å². The summed E-state index contributed by atoms with van der Waals surface area (Å²) in [6.45, 7) is 14.9. The van der Waals surface area contributed by atoms with Gasteiger partial charge < -0.3 is 4.74 Å². The van der Waals surface area contributed by atoms with E-state index in [4.69, 9.17) is 4.74 Å². The van der Waals surface area contributed by atoms with Crippen LogP contribution < -0.4 is 4.74 Å². The summed E-state index contributed by atoms with van der Waals surface area (Å²) in [5, 5.41) is 0.837. The Morgan fingerprint density at radius 1 is 1.00 bits per heavy atom. The summed E-state index contributed by atoms with van der Waals surface area (Å²) in [6.07, 6.45) is 1.49. The highest BCUT2D eigenvalue weighted by Crippen LogP contribution is 2.29. The van der Waals surface area contributed by atoms with Crippen molar-refractivity contribution in [2.75, 3.05) is 6.61 Å². The molecule has 2 aromatic rings. The molecule has 0 spiro atoms. The average Bonchev–Trinajstić information content (AvgIpc) is 2.48. The van der Waals surface area contributed by atoms with Crippen LogP contribution in [0.25, 0.3) is 11.0 Å². The molecule has 2 aromatic heterocycles. The average molecular weight is 290 g/mol. The molecule has 116 valence electrons. The molecule has 0 fully saturated rings. The van der Waals surface area contributed by atoms with Gasteiger partial charge in [0.2, 0.25) is 5.88 Å². The zero-order valence-electron chi connectivity index (χ0n) is 14.1. The lowest BCUT2D eigenvalue weighted by molar-refractivity contribution is 0.330. The number of ether oxygens (including phenoxy) is 1. The summed E-state index contributed by atoms with van der Waals surface area (Å²) in [5.74, 6) is 1.93. The van der Waals surface area contributed by atoms with Crippen LogP contribution in [0.5, 0.6) is 5.88 Å². The predicted octanol–water partition coefficient (Wildman–Crippen LogP) is 4.09. The van der Waals surface area contributed by atoms with Crippen molar-refractivity contribution in [3.8, 4) is 5.88 Å². The van der Waals surface area contributed by atoms with E-state index in [9.17, 15) is 0 Å². The number of aromatic nitrogens is 4. The molecule has 0 bridgehead atoms. The second kappa shape index (κ2) is 7.86. The van der Waals surface area contributed by atoms with Gasteiger partial charge in [0.05, 0.1) is 12.3 Å².